The summed E-state index contributed by atoms with van der Waals surface area (Å²) in [6.07, 6.45) is -1.93. The van der Waals surface area contributed by atoms with E-state index in [1.54, 1.807) is 6.07 Å². The first-order chi connectivity index (χ1) is 25.5. The second-order valence-electron chi connectivity index (χ2n) is 14.0. The third-order valence-electron chi connectivity index (χ3n) is 10.7. The molecule has 280 valence electrons. The molecular formula is C40H42BrF3N4O5. The highest BCUT2D eigenvalue weighted by Gasteiger charge is 2.37. The van der Waals surface area contributed by atoms with E-state index in [4.69, 9.17) is 9.47 Å². The smallest absolute Gasteiger partial charge is 0.396 e. The van der Waals surface area contributed by atoms with Gasteiger partial charge >= 0.3 is 6.18 Å². The van der Waals surface area contributed by atoms with E-state index in [0.717, 1.165) is 78.3 Å². The number of aromatic nitrogens is 1. The van der Waals surface area contributed by atoms with E-state index in [9.17, 15) is 28.2 Å². The molecule has 2 fully saturated rings. The topological polar surface area (TPSA) is 107 Å². The van der Waals surface area contributed by atoms with E-state index in [0.29, 0.717) is 30.9 Å². The third-order valence-corrected chi connectivity index (χ3v) is 11.2. The van der Waals surface area contributed by atoms with E-state index in [1.807, 2.05) is 25.1 Å². The van der Waals surface area contributed by atoms with Gasteiger partial charge in [-0.2, -0.15) is 13.2 Å². The highest BCUT2D eigenvalue weighted by Crippen LogP contribution is 2.40. The Hall–Kier alpha value is -4.01. The van der Waals surface area contributed by atoms with Crippen LogP contribution in [-0.4, -0.2) is 85.9 Å². The summed E-state index contributed by atoms with van der Waals surface area (Å²) >= 11 is 3.53. The zero-order valence-electron chi connectivity index (χ0n) is 29.3. The summed E-state index contributed by atoms with van der Waals surface area (Å²) in [5.41, 5.74) is 7.07. The van der Waals surface area contributed by atoms with Gasteiger partial charge < -0.3 is 34.8 Å². The highest BCUT2D eigenvalue weighted by atomic mass is 79.9. The molecule has 3 N–H and O–H groups in total. The van der Waals surface area contributed by atoms with Gasteiger partial charge in [0.1, 0.15) is 5.69 Å². The molecule has 0 radical (unpaired) electrons. The second kappa shape index (κ2) is 15.8. The van der Waals surface area contributed by atoms with Crippen LogP contribution < -0.4 is 15.1 Å². The number of halogens is 4. The van der Waals surface area contributed by atoms with E-state index in [1.165, 1.54) is 22.9 Å². The van der Waals surface area contributed by atoms with Gasteiger partial charge in [-0.1, -0.05) is 40.2 Å². The Morgan fingerprint density at radius 1 is 0.868 bits per heavy atom. The number of pyridine rings is 1. The number of nitrogens with zero attached hydrogens (tertiary/aromatic N) is 3. The van der Waals surface area contributed by atoms with E-state index >= 15 is 0 Å². The molecule has 1 aromatic heterocycles. The fraction of sp³-hybridized carbons (Fsp3) is 0.400. The Kier molecular flexibility index (Phi) is 11.1. The number of hydrogen-bond donors (Lipinski definition) is 3. The summed E-state index contributed by atoms with van der Waals surface area (Å²) < 4.78 is 51.3. The quantitative estimate of drug-likeness (QED) is 0.210. The summed E-state index contributed by atoms with van der Waals surface area (Å²) in [6.45, 7) is 6.71. The number of rotatable bonds is 5. The maximum Gasteiger partial charge on any atom is 0.433 e. The predicted molar refractivity (Wildman–Crippen MR) is 200 cm³/mol. The largest absolute Gasteiger partial charge is 0.433 e. The van der Waals surface area contributed by atoms with Gasteiger partial charge in [-0.15, -0.1) is 0 Å². The molecule has 3 aromatic carbocycles. The van der Waals surface area contributed by atoms with Gasteiger partial charge in [-0.3, -0.25) is 9.78 Å². The van der Waals surface area contributed by atoms with Crippen molar-refractivity contribution >= 4 is 38.9 Å². The molecule has 4 aliphatic heterocycles. The molecule has 0 aliphatic carbocycles. The summed E-state index contributed by atoms with van der Waals surface area (Å²) in [6, 6.07) is 20.5. The molecule has 0 saturated carbocycles. The Balaban J connectivity index is 0.000000212. The monoisotopic (exact) mass is 794 g/mol. The number of aryl methyl sites for hydroxylation is 1. The molecule has 5 heterocycles. The number of carbonyl (C=O) groups excluding carboxylic acids is 1. The minimum atomic E-state index is -4.63. The Morgan fingerprint density at radius 2 is 1.49 bits per heavy atom. The fourth-order valence-corrected chi connectivity index (χ4v) is 8.27. The van der Waals surface area contributed by atoms with Gasteiger partial charge in [0.05, 0.1) is 38.5 Å². The van der Waals surface area contributed by atoms with Crippen molar-refractivity contribution in [3.63, 3.8) is 0 Å². The van der Waals surface area contributed by atoms with Crippen LogP contribution in [0.5, 0.6) is 0 Å². The van der Waals surface area contributed by atoms with Gasteiger partial charge in [0.2, 0.25) is 0 Å². The predicted octanol–water partition coefficient (Wildman–Crippen LogP) is 6.52. The minimum absolute atomic E-state index is 0.106. The van der Waals surface area contributed by atoms with Gasteiger partial charge in [-0.25, -0.2) is 0 Å². The minimum Gasteiger partial charge on any atom is -0.396 e. The van der Waals surface area contributed by atoms with Crippen LogP contribution in [0.1, 0.15) is 32.7 Å². The van der Waals surface area contributed by atoms with Crippen molar-refractivity contribution < 1.29 is 37.7 Å². The zero-order valence-corrected chi connectivity index (χ0v) is 30.9. The number of benzene rings is 3. The fourth-order valence-electron chi connectivity index (χ4n) is 7.92. The molecule has 4 aromatic rings. The van der Waals surface area contributed by atoms with E-state index in [-0.39, 0.29) is 30.7 Å². The standard InChI is InChI=1S/C27H26F3N3O3.C13H16BrNO2/c1-16-2-5-21(32-26(35)19-6-7-31-25(12-19)27(28,29)30)13-22(16)17-3-4-18-10-20(14-34)24-15-36-9-8-33(24)23(18)11-17;14-11-2-1-9-5-10(7-16)13-8-17-4-3-15(13)12(9)6-11/h2-7,11-13,20,24,34H,8-10,14-15H2,1H3,(H,32,35);1-2,6,10,13,16H,3-5,7-8H2. The number of alkyl halides is 3. The molecule has 53 heavy (non-hydrogen) atoms. The van der Waals surface area contributed by atoms with Crippen LogP contribution in [0.2, 0.25) is 0 Å². The van der Waals surface area contributed by atoms with Crippen LogP contribution in [0, 0.1) is 18.8 Å². The molecule has 4 atom stereocenters. The molecule has 8 rings (SSSR count). The Labute approximate surface area is 314 Å². The van der Waals surface area contributed by atoms with Crippen LogP contribution in [0.25, 0.3) is 11.1 Å². The van der Waals surface area contributed by atoms with Crippen LogP contribution in [0.4, 0.5) is 30.2 Å². The summed E-state index contributed by atoms with van der Waals surface area (Å²) in [4.78, 5) is 20.7. The van der Waals surface area contributed by atoms with Crippen LogP contribution in [-0.2, 0) is 28.5 Å². The van der Waals surface area contributed by atoms with Gasteiger partial charge in [-0.05, 0) is 90.0 Å². The first-order valence-electron chi connectivity index (χ1n) is 17.8. The van der Waals surface area contributed by atoms with Crippen molar-refractivity contribution in [3.05, 3.63) is 105 Å². The normalized spacial score (nSPS) is 22.0. The van der Waals surface area contributed by atoms with Gasteiger partial charge in [0.25, 0.3) is 5.91 Å². The van der Waals surface area contributed by atoms with E-state index in [2.05, 4.69) is 66.4 Å². The SMILES string of the molecule is Cc1ccc(NC(=O)c2ccnc(C(F)(F)F)c2)cc1-c1ccc2c(c1)N1CCOCC1C(CO)C2.OCC1Cc2ccc(Br)cc2N2CCOCC12. The van der Waals surface area contributed by atoms with Gasteiger partial charge in [0, 0.05) is 71.4 Å². The molecule has 1 amide bonds. The number of anilines is 3. The lowest BCUT2D eigenvalue weighted by Gasteiger charge is -2.46. The number of morpholine rings is 2. The number of nitrogens with one attached hydrogen (secondary N) is 1. The lowest BCUT2D eigenvalue weighted by Crippen LogP contribution is -2.53. The lowest BCUT2D eigenvalue weighted by atomic mass is 9.84. The molecule has 0 bridgehead atoms. The highest BCUT2D eigenvalue weighted by molar-refractivity contribution is 9.10. The third kappa shape index (κ3) is 7.95. The maximum absolute atomic E-state index is 13.0. The van der Waals surface area contributed by atoms with Crippen LogP contribution in [0.15, 0.2) is 77.4 Å². The number of ether oxygens (including phenoxy) is 2. The van der Waals surface area contributed by atoms with Crippen molar-refractivity contribution in [3.8, 4) is 11.1 Å². The number of fused-ring (bicyclic) bond motifs is 6. The number of amides is 1. The molecule has 0 spiro atoms. The zero-order chi connectivity index (χ0) is 37.3. The summed E-state index contributed by atoms with van der Waals surface area (Å²) in [5.74, 6) is -0.228. The lowest BCUT2D eigenvalue weighted by molar-refractivity contribution is -0.141. The molecule has 9 nitrogen and oxygen atoms in total. The Bertz CT molecular complexity index is 1960. The number of hydrogen-bond acceptors (Lipinski definition) is 8. The average Bonchev–Trinajstić information content (AvgIpc) is 3.18. The second-order valence-corrected chi connectivity index (χ2v) is 14.9. The van der Waals surface area contributed by atoms with Crippen molar-refractivity contribution in [2.24, 2.45) is 11.8 Å². The van der Waals surface area contributed by atoms with Crippen molar-refractivity contribution in [2.75, 3.05) is 67.8 Å². The molecule has 4 aliphatic rings. The molecule has 4 unspecified atom stereocenters. The molecular weight excluding hydrogens is 753 g/mol. The number of carbonyl (C=O) groups is 1. The van der Waals surface area contributed by atoms with Gasteiger partial charge in [0.15, 0.2) is 0 Å². The van der Waals surface area contributed by atoms with E-state index < -0.39 is 17.8 Å². The summed E-state index contributed by atoms with van der Waals surface area (Å²) in [5, 5.41) is 22.1. The van der Waals surface area contributed by atoms with Crippen molar-refractivity contribution in [1.82, 2.24) is 4.98 Å². The molecule has 13 heteroatoms. The first-order valence-corrected chi connectivity index (χ1v) is 18.6. The Morgan fingerprint density at radius 3 is 2.11 bits per heavy atom. The van der Waals surface area contributed by atoms with Crippen LogP contribution in [0.3, 0.4) is 0 Å². The summed E-state index contributed by atoms with van der Waals surface area (Å²) in [7, 11) is 0. The van der Waals surface area contributed by atoms with Crippen molar-refractivity contribution in [2.45, 2.75) is 38.0 Å². The molecule has 2 saturated heterocycles. The maximum atomic E-state index is 13.0. The van der Waals surface area contributed by atoms with Crippen LogP contribution >= 0.6 is 15.9 Å². The number of aliphatic hydroxyl groups excluding tert-OH is 2. The number of aliphatic hydroxyl groups is 2. The first kappa shape index (κ1) is 37.3. The van der Waals surface area contributed by atoms with Crippen molar-refractivity contribution in [1.29, 1.82) is 0 Å². The average molecular weight is 796 g/mol.